The highest BCUT2D eigenvalue weighted by atomic mass is 79.9. The smallest absolute Gasteiger partial charge is 0.181 e. The van der Waals surface area contributed by atoms with Gasteiger partial charge < -0.3 is 5.32 Å². The molecule has 1 N–H and O–H groups in total. The lowest BCUT2D eigenvalue weighted by atomic mass is 9.95. The topological polar surface area (TPSA) is 46.2 Å². The molecule has 0 saturated heterocycles. The summed E-state index contributed by atoms with van der Waals surface area (Å²) in [6.07, 6.45) is 3.57. The number of halogens is 1. The summed E-state index contributed by atoms with van der Waals surface area (Å²) in [5.74, 6) is 0. The van der Waals surface area contributed by atoms with E-state index in [1.807, 2.05) is 0 Å². The van der Waals surface area contributed by atoms with Gasteiger partial charge in [-0.2, -0.15) is 0 Å². The maximum atomic E-state index is 12.6. The first-order valence-electron chi connectivity index (χ1n) is 6.77. The van der Waals surface area contributed by atoms with Crippen molar-refractivity contribution in [2.24, 2.45) is 0 Å². The maximum Gasteiger partial charge on any atom is 0.181 e. The minimum Gasteiger partial charge on any atom is -0.314 e. The third-order valence-electron chi connectivity index (χ3n) is 3.70. The molecule has 1 fully saturated rings. The second-order valence-electron chi connectivity index (χ2n) is 5.04. The standard InChI is InChI=1S/C14H20BrNO2S/c1-2-16-12-4-3-5-14(10-12)19(17,18)13-8-6-11(15)7-9-13/h6-9,12,14,16H,2-5,10H2,1H3. The molecule has 1 aliphatic rings. The van der Waals surface area contributed by atoms with Crippen molar-refractivity contribution in [3.8, 4) is 0 Å². The average molecular weight is 346 g/mol. The van der Waals surface area contributed by atoms with Gasteiger partial charge in [-0.25, -0.2) is 8.42 Å². The van der Waals surface area contributed by atoms with Crippen LogP contribution in [0.1, 0.15) is 32.6 Å². The van der Waals surface area contributed by atoms with Crippen LogP contribution < -0.4 is 5.32 Å². The first-order chi connectivity index (χ1) is 9.04. The molecular weight excluding hydrogens is 326 g/mol. The summed E-state index contributed by atoms with van der Waals surface area (Å²) in [5, 5.41) is 3.13. The van der Waals surface area contributed by atoms with Crippen LogP contribution >= 0.6 is 15.9 Å². The highest BCUT2D eigenvalue weighted by molar-refractivity contribution is 9.10. The zero-order valence-corrected chi connectivity index (χ0v) is 13.5. The quantitative estimate of drug-likeness (QED) is 0.911. The van der Waals surface area contributed by atoms with Gasteiger partial charge in [0.05, 0.1) is 10.1 Å². The van der Waals surface area contributed by atoms with Crippen molar-refractivity contribution in [2.75, 3.05) is 6.54 Å². The molecule has 0 aliphatic heterocycles. The van der Waals surface area contributed by atoms with Gasteiger partial charge in [0, 0.05) is 10.5 Å². The second kappa shape index (κ2) is 6.37. The van der Waals surface area contributed by atoms with Crippen LogP contribution in [0.3, 0.4) is 0 Å². The van der Waals surface area contributed by atoms with Gasteiger partial charge in [-0.1, -0.05) is 29.3 Å². The van der Waals surface area contributed by atoms with Gasteiger partial charge in [-0.3, -0.25) is 0 Å². The van der Waals surface area contributed by atoms with Crippen LogP contribution in [-0.4, -0.2) is 26.3 Å². The molecule has 19 heavy (non-hydrogen) atoms. The van der Waals surface area contributed by atoms with E-state index in [1.165, 1.54) is 0 Å². The Hall–Kier alpha value is -0.390. The lowest BCUT2D eigenvalue weighted by Crippen LogP contribution is -2.38. The first kappa shape index (κ1) is 15.0. The summed E-state index contributed by atoms with van der Waals surface area (Å²) in [6.45, 7) is 2.96. The lowest BCUT2D eigenvalue weighted by Gasteiger charge is -2.29. The molecule has 106 valence electrons. The zero-order chi connectivity index (χ0) is 13.9. The molecule has 2 rings (SSSR count). The number of hydrogen-bond acceptors (Lipinski definition) is 3. The summed E-state index contributed by atoms with van der Waals surface area (Å²) >= 11 is 3.33. The third-order valence-corrected chi connectivity index (χ3v) is 6.46. The summed E-state index contributed by atoms with van der Waals surface area (Å²) < 4.78 is 26.1. The Labute approximate surface area is 123 Å². The van der Waals surface area contributed by atoms with Crippen molar-refractivity contribution >= 4 is 25.8 Å². The molecule has 0 radical (unpaired) electrons. The van der Waals surface area contributed by atoms with Crippen molar-refractivity contribution in [3.05, 3.63) is 28.7 Å². The van der Waals surface area contributed by atoms with Gasteiger partial charge in [0.25, 0.3) is 0 Å². The SMILES string of the molecule is CCNC1CCCC(S(=O)(=O)c2ccc(Br)cc2)C1. The fraction of sp³-hybridized carbons (Fsp3) is 0.571. The highest BCUT2D eigenvalue weighted by Crippen LogP contribution is 2.29. The van der Waals surface area contributed by atoms with Gasteiger partial charge >= 0.3 is 0 Å². The molecule has 1 aliphatic carbocycles. The maximum absolute atomic E-state index is 12.6. The Morgan fingerprint density at radius 3 is 2.58 bits per heavy atom. The number of sulfone groups is 1. The van der Waals surface area contributed by atoms with Crippen LogP contribution in [0, 0.1) is 0 Å². The number of benzene rings is 1. The van der Waals surface area contributed by atoms with E-state index in [9.17, 15) is 8.42 Å². The van der Waals surface area contributed by atoms with Crippen molar-refractivity contribution in [1.29, 1.82) is 0 Å². The Kier molecular flexibility index (Phi) is 5.03. The molecule has 0 aromatic heterocycles. The minimum atomic E-state index is -3.19. The monoisotopic (exact) mass is 345 g/mol. The van der Waals surface area contributed by atoms with Gasteiger partial charge in [-0.05, 0) is 50.1 Å². The summed E-state index contributed by atoms with van der Waals surface area (Å²) in [4.78, 5) is 0.442. The molecule has 2 unspecified atom stereocenters. The van der Waals surface area contributed by atoms with Crippen LogP contribution in [0.15, 0.2) is 33.6 Å². The molecule has 1 aromatic carbocycles. The Morgan fingerprint density at radius 2 is 1.95 bits per heavy atom. The number of hydrogen-bond donors (Lipinski definition) is 1. The molecule has 5 heteroatoms. The highest BCUT2D eigenvalue weighted by Gasteiger charge is 2.32. The lowest BCUT2D eigenvalue weighted by molar-refractivity contribution is 0.377. The Bertz CT molecular complexity index is 511. The van der Waals surface area contributed by atoms with E-state index in [1.54, 1.807) is 24.3 Å². The first-order valence-corrected chi connectivity index (χ1v) is 9.11. The summed E-state index contributed by atoms with van der Waals surface area (Å²) in [6, 6.07) is 7.30. The molecule has 3 nitrogen and oxygen atoms in total. The van der Waals surface area contributed by atoms with Crippen molar-refractivity contribution in [2.45, 2.75) is 48.8 Å². The van der Waals surface area contributed by atoms with Crippen LogP contribution in [-0.2, 0) is 9.84 Å². The Balaban J connectivity index is 2.17. The van der Waals surface area contributed by atoms with E-state index in [-0.39, 0.29) is 5.25 Å². The average Bonchev–Trinajstić information content (AvgIpc) is 2.40. The molecule has 2 atom stereocenters. The largest absolute Gasteiger partial charge is 0.314 e. The van der Waals surface area contributed by atoms with E-state index in [2.05, 4.69) is 28.2 Å². The van der Waals surface area contributed by atoms with E-state index in [0.717, 1.165) is 36.7 Å². The molecule has 0 spiro atoms. The van der Waals surface area contributed by atoms with Crippen LogP contribution in [0.5, 0.6) is 0 Å². The van der Waals surface area contributed by atoms with E-state index in [4.69, 9.17) is 0 Å². The molecule has 1 saturated carbocycles. The van der Waals surface area contributed by atoms with Gasteiger partial charge in [-0.15, -0.1) is 0 Å². The molecular formula is C14H20BrNO2S. The molecule has 0 bridgehead atoms. The normalized spacial score (nSPS) is 24.3. The van der Waals surface area contributed by atoms with Crippen molar-refractivity contribution < 1.29 is 8.42 Å². The van der Waals surface area contributed by atoms with E-state index < -0.39 is 9.84 Å². The van der Waals surface area contributed by atoms with Crippen molar-refractivity contribution in [1.82, 2.24) is 5.32 Å². The predicted molar refractivity (Wildman–Crippen MR) is 81.0 cm³/mol. The van der Waals surface area contributed by atoms with E-state index >= 15 is 0 Å². The predicted octanol–water partition coefficient (Wildman–Crippen LogP) is 3.14. The van der Waals surface area contributed by atoms with Crippen molar-refractivity contribution in [3.63, 3.8) is 0 Å². The van der Waals surface area contributed by atoms with Gasteiger partial charge in [0.1, 0.15) is 0 Å². The number of rotatable bonds is 4. The van der Waals surface area contributed by atoms with Crippen LogP contribution in [0.2, 0.25) is 0 Å². The third kappa shape index (κ3) is 3.58. The second-order valence-corrected chi connectivity index (χ2v) is 8.19. The summed E-state index contributed by atoms with van der Waals surface area (Å²) in [5.41, 5.74) is 0. The Morgan fingerprint density at radius 1 is 1.26 bits per heavy atom. The van der Waals surface area contributed by atoms with Gasteiger partial charge in [0.2, 0.25) is 0 Å². The molecule has 0 heterocycles. The molecule has 0 amide bonds. The van der Waals surface area contributed by atoms with Crippen LogP contribution in [0.4, 0.5) is 0 Å². The minimum absolute atomic E-state index is 0.244. The summed E-state index contributed by atoms with van der Waals surface area (Å²) in [7, 11) is -3.19. The molecule has 1 aromatic rings. The number of nitrogens with one attached hydrogen (secondary N) is 1. The van der Waals surface area contributed by atoms with Gasteiger partial charge in [0.15, 0.2) is 9.84 Å². The van der Waals surface area contributed by atoms with E-state index in [0.29, 0.717) is 10.9 Å². The zero-order valence-electron chi connectivity index (χ0n) is 11.1. The fourth-order valence-electron chi connectivity index (χ4n) is 2.72. The fourth-order valence-corrected chi connectivity index (χ4v) is 4.84. The van der Waals surface area contributed by atoms with Crippen LogP contribution in [0.25, 0.3) is 0 Å².